The number of aromatic nitrogens is 2. The SMILES string of the molecule is CCNC(=NCCc1c(C)nn(C)c1C)NC1CCN(C(=O)C2CCCCC2)C1. The van der Waals surface area contributed by atoms with E-state index in [1.807, 2.05) is 11.7 Å². The molecule has 1 unspecified atom stereocenters. The Bertz CT molecular complexity index is 719. The number of likely N-dealkylation sites (tertiary alicyclic amines) is 1. The van der Waals surface area contributed by atoms with E-state index in [0.29, 0.717) is 5.91 Å². The number of carbonyl (C=O) groups is 1. The van der Waals surface area contributed by atoms with Crippen molar-refractivity contribution in [3.05, 3.63) is 17.0 Å². The van der Waals surface area contributed by atoms with Crippen LogP contribution in [0.25, 0.3) is 0 Å². The van der Waals surface area contributed by atoms with Gasteiger partial charge in [-0.15, -0.1) is 0 Å². The van der Waals surface area contributed by atoms with E-state index in [2.05, 4.69) is 41.4 Å². The van der Waals surface area contributed by atoms with Crippen LogP contribution in [0.4, 0.5) is 0 Å². The molecule has 0 spiro atoms. The standard InChI is InChI=1S/C22H38N6O/c1-5-23-22(24-13-11-20-16(2)26-27(4)17(20)3)25-19-12-14-28(15-19)21(29)18-9-7-6-8-10-18/h18-19H,5-15H2,1-4H3,(H2,23,24,25). The lowest BCUT2D eigenvalue weighted by Gasteiger charge is -2.26. The van der Waals surface area contributed by atoms with Crippen LogP contribution in [0.2, 0.25) is 0 Å². The zero-order valence-corrected chi connectivity index (χ0v) is 18.6. The van der Waals surface area contributed by atoms with E-state index in [0.717, 1.165) is 63.5 Å². The van der Waals surface area contributed by atoms with Crippen molar-refractivity contribution < 1.29 is 4.79 Å². The Kier molecular flexibility index (Phi) is 7.56. The molecule has 7 nitrogen and oxygen atoms in total. The molecule has 1 saturated heterocycles. The van der Waals surface area contributed by atoms with Crippen molar-refractivity contribution in [1.82, 2.24) is 25.3 Å². The molecule has 162 valence electrons. The zero-order valence-electron chi connectivity index (χ0n) is 18.6. The predicted molar refractivity (Wildman–Crippen MR) is 117 cm³/mol. The van der Waals surface area contributed by atoms with Crippen molar-refractivity contribution in [2.75, 3.05) is 26.2 Å². The van der Waals surface area contributed by atoms with E-state index in [4.69, 9.17) is 4.99 Å². The molecule has 0 bridgehead atoms. The summed E-state index contributed by atoms with van der Waals surface area (Å²) >= 11 is 0. The summed E-state index contributed by atoms with van der Waals surface area (Å²) in [6.45, 7) is 9.46. The molecule has 2 heterocycles. The second kappa shape index (κ2) is 10.1. The molecule has 1 atom stereocenters. The lowest BCUT2D eigenvalue weighted by Crippen LogP contribution is -2.45. The number of hydrogen-bond donors (Lipinski definition) is 2. The van der Waals surface area contributed by atoms with Gasteiger partial charge in [-0.25, -0.2) is 0 Å². The van der Waals surface area contributed by atoms with Crippen LogP contribution in [-0.4, -0.2) is 58.8 Å². The maximum absolute atomic E-state index is 12.8. The second-order valence-electron chi connectivity index (χ2n) is 8.53. The average Bonchev–Trinajstić information content (AvgIpc) is 3.27. The number of aryl methyl sites for hydroxylation is 2. The normalized spacial score (nSPS) is 20.9. The third kappa shape index (κ3) is 5.52. The predicted octanol–water partition coefficient (Wildman–Crippen LogP) is 2.32. The highest BCUT2D eigenvalue weighted by molar-refractivity contribution is 5.81. The number of hydrogen-bond acceptors (Lipinski definition) is 3. The molecule has 0 radical (unpaired) electrons. The number of guanidine groups is 1. The third-order valence-electron chi connectivity index (χ3n) is 6.43. The smallest absolute Gasteiger partial charge is 0.225 e. The summed E-state index contributed by atoms with van der Waals surface area (Å²) in [5.74, 6) is 1.48. The lowest BCUT2D eigenvalue weighted by molar-refractivity contribution is -0.135. The molecule has 2 N–H and O–H groups in total. The molecule has 29 heavy (non-hydrogen) atoms. The fraction of sp³-hybridized carbons (Fsp3) is 0.773. The van der Waals surface area contributed by atoms with Crippen molar-refractivity contribution in [2.24, 2.45) is 18.0 Å². The number of amides is 1. The van der Waals surface area contributed by atoms with Crippen molar-refractivity contribution in [3.8, 4) is 0 Å². The van der Waals surface area contributed by atoms with Crippen molar-refractivity contribution in [3.63, 3.8) is 0 Å². The Morgan fingerprint density at radius 1 is 1.21 bits per heavy atom. The average molecular weight is 403 g/mol. The molecule has 1 amide bonds. The van der Waals surface area contributed by atoms with Gasteiger partial charge in [-0.2, -0.15) is 5.10 Å². The summed E-state index contributed by atoms with van der Waals surface area (Å²) in [7, 11) is 1.99. The van der Waals surface area contributed by atoms with Gasteiger partial charge in [-0.3, -0.25) is 14.5 Å². The summed E-state index contributed by atoms with van der Waals surface area (Å²) in [5.41, 5.74) is 3.59. The van der Waals surface area contributed by atoms with Gasteiger partial charge < -0.3 is 15.5 Å². The Morgan fingerprint density at radius 2 is 1.97 bits per heavy atom. The number of nitrogens with one attached hydrogen (secondary N) is 2. The number of aliphatic imine (C=N–C) groups is 1. The van der Waals surface area contributed by atoms with Crippen LogP contribution >= 0.6 is 0 Å². The van der Waals surface area contributed by atoms with Crippen LogP contribution in [0, 0.1) is 19.8 Å². The molecule has 1 aliphatic carbocycles. The highest BCUT2D eigenvalue weighted by Crippen LogP contribution is 2.26. The molecule has 3 rings (SSSR count). The molecular formula is C22H38N6O. The molecule has 1 aromatic heterocycles. The van der Waals surface area contributed by atoms with E-state index in [1.54, 1.807) is 0 Å². The first-order valence-electron chi connectivity index (χ1n) is 11.3. The topological polar surface area (TPSA) is 74.6 Å². The maximum Gasteiger partial charge on any atom is 0.225 e. The van der Waals surface area contributed by atoms with Gasteiger partial charge in [0, 0.05) is 50.9 Å². The Hall–Kier alpha value is -2.05. The van der Waals surface area contributed by atoms with E-state index in [-0.39, 0.29) is 12.0 Å². The fourth-order valence-electron chi connectivity index (χ4n) is 4.66. The summed E-state index contributed by atoms with van der Waals surface area (Å²) in [4.78, 5) is 19.6. The molecule has 1 saturated carbocycles. The lowest BCUT2D eigenvalue weighted by atomic mass is 9.88. The first-order valence-corrected chi connectivity index (χ1v) is 11.3. The monoisotopic (exact) mass is 402 g/mol. The van der Waals surface area contributed by atoms with E-state index in [9.17, 15) is 4.79 Å². The van der Waals surface area contributed by atoms with Gasteiger partial charge in [-0.1, -0.05) is 19.3 Å². The van der Waals surface area contributed by atoms with Crippen molar-refractivity contribution in [1.29, 1.82) is 0 Å². The Morgan fingerprint density at radius 3 is 2.62 bits per heavy atom. The molecule has 2 fully saturated rings. The second-order valence-corrected chi connectivity index (χ2v) is 8.53. The summed E-state index contributed by atoms with van der Waals surface area (Å²) in [5, 5.41) is 11.4. The Balaban J connectivity index is 1.52. The van der Waals surface area contributed by atoms with Crippen LogP contribution in [-0.2, 0) is 18.3 Å². The number of nitrogens with zero attached hydrogens (tertiary/aromatic N) is 4. The van der Waals surface area contributed by atoms with E-state index < -0.39 is 0 Å². The fourth-order valence-corrected chi connectivity index (χ4v) is 4.66. The summed E-state index contributed by atoms with van der Waals surface area (Å²) in [6.07, 6.45) is 7.73. The minimum absolute atomic E-state index is 0.260. The van der Waals surface area contributed by atoms with Crippen LogP contribution < -0.4 is 10.6 Å². The Labute approximate surface area is 175 Å². The zero-order chi connectivity index (χ0) is 20.8. The van der Waals surface area contributed by atoms with Crippen LogP contribution in [0.15, 0.2) is 4.99 Å². The van der Waals surface area contributed by atoms with Gasteiger partial charge >= 0.3 is 0 Å². The van der Waals surface area contributed by atoms with Crippen LogP contribution in [0.5, 0.6) is 0 Å². The molecular weight excluding hydrogens is 364 g/mol. The first-order chi connectivity index (χ1) is 14.0. The highest BCUT2D eigenvalue weighted by Gasteiger charge is 2.31. The van der Waals surface area contributed by atoms with Crippen LogP contribution in [0.1, 0.15) is 62.4 Å². The van der Waals surface area contributed by atoms with Gasteiger partial charge in [-0.05, 0) is 52.0 Å². The maximum atomic E-state index is 12.8. The summed E-state index contributed by atoms with van der Waals surface area (Å²) in [6, 6.07) is 0.280. The minimum Gasteiger partial charge on any atom is -0.357 e. The third-order valence-corrected chi connectivity index (χ3v) is 6.43. The number of rotatable bonds is 6. The van der Waals surface area contributed by atoms with Gasteiger partial charge in [0.05, 0.1) is 5.69 Å². The minimum atomic E-state index is 0.260. The van der Waals surface area contributed by atoms with Gasteiger partial charge in [0.2, 0.25) is 5.91 Å². The van der Waals surface area contributed by atoms with Gasteiger partial charge in [0.15, 0.2) is 5.96 Å². The molecule has 2 aliphatic rings. The quantitative estimate of drug-likeness (QED) is 0.566. The van der Waals surface area contributed by atoms with Crippen molar-refractivity contribution >= 4 is 11.9 Å². The summed E-state index contributed by atoms with van der Waals surface area (Å²) < 4.78 is 1.94. The van der Waals surface area contributed by atoms with Crippen LogP contribution in [0.3, 0.4) is 0 Å². The molecule has 0 aromatic carbocycles. The number of carbonyl (C=O) groups excluding carboxylic acids is 1. The largest absolute Gasteiger partial charge is 0.357 e. The van der Waals surface area contributed by atoms with E-state index >= 15 is 0 Å². The molecule has 7 heteroatoms. The highest BCUT2D eigenvalue weighted by atomic mass is 16.2. The van der Waals surface area contributed by atoms with Gasteiger partial charge in [0.1, 0.15) is 0 Å². The first kappa shape index (κ1) is 21.7. The molecule has 1 aromatic rings. The van der Waals surface area contributed by atoms with Crippen molar-refractivity contribution in [2.45, 2.75) is 71.8 Å². The van der Waals surface area contributed by atoms with E-state index in [1.165, 1.54) is 30.5 Å². The molecule has 1 aliphatic heterocycles. The van der Waals surface area contributed by atoms with Gasteiger partial charge in [0.25, 0.3) is 0 Å².